The van der Waals surface area contributed by atoms with E-state index in [1.807, 2.05) is 13.8 Å². The molecule has 0 aliphatic rings. The van der Waals surface area contributed by atoms with Crippen molar-refractivity contribution in [3.05, 3.63) is 18.5 Å². The zero-order chi connectivity index (χ0) is 12.6. The van der Waals surface area contributed by atoms with E-state index >= 15 is 0 Å². The molecule has 0 amide bonds. The highest BCUT2D eigenvalue weighted by Gasteiger charge is 2.12. The normalized spacial score (nSPS) is 11.9. The SMILES string of the molecule is [B]c1cc(OCC(C)(C)N)cn2ncc(N)c12. The Balaban J connectivity index is 2.31. The summed E-state index contributed by atoms with van der Waals surface area (Å²) in [7, 11) is 5.89. The van der Waals surface area contributed by atoms with Crippen LogP contribution in [0.25, 0.3) is 5.52 Å². The van der Waals surface area contributed by atoms with Gasteiger partial charge in [-0.15, -0.1) is 0 Å². The van der Waals surface area contributed by atoms with Gasteiger partial charge in [-0.2, -0.15) is 5.10 Å². The van der Waals surface area contributed by atoms with Gasteiger partial charge in [0.1, 0.15) is 20.2 Å². The minimum Gasteiger partial charge on any atom is -0.490 e. The second kappa shape index (κ2) is 3.96. The molecule has 4 N–H and O–H groups in total. The molecule has 0 aliphatic heterocycles. The molecule has 2 aromatic heterocycles. The van der Waals surface area contributed by atoms with E-state index in [-0.39, 0.29) is 0 Å². The number of ether oxygens (including phenoxy) is 1. The molecule has 0 saturated heterocycles. The van der Waals surface area contributed by atoms with E-state index < -0.39 is 5.54 Å². The highest BCUT2D eigenvalue weighted by molar-refractivity contribution is 6.37. The van der Waals surface area contributed by atoms with Crippen LogP contribution in [0.2, 0.25) is 0 Å². The van der Waals surface area contributed by atoms with Crippen LogP contribution in [0.1, 0.15) is 13.8 Å². The van der Waals surface area contributed by atoms with Crippen molar-refractivity contribution in [2.75, 3.05) is 12.3 Å². The topological polar surface area (TPSA) is 78.6 Å². The quantitative estimate of drug-likeness (QED) is 0.717. The van der Waals surface area contributed by atoms with Crippen molar-refractivity contribution in [3.8, 4) is 5.75 Å². The maximum atomic E-state index is 5.89. The molecule has 0 saturated carbocycles. The van der Waals surface area contributed by atoms with Gasteiger partial charge < -0.3 is 16.2 Å². The van der Waals surface area contributed by atoms with Crippen LogP contribution >= 0.6 is 0 Å². The van der Waals surface area contributed by atoms with Crippen LogP contribution in [0.5, 0.6) is 5.75 Å². The summed E-state index contributed by atoms with van der Waals surface area (Å²) in [5, 5.41) is 4.08. The van der Waals surface area contributed by atoms with Crippen molar-refractivity contribution in [2.45, 2.75) is 19.4 Å². The minimum atomic E-state index is -0.396. The largest absolute Gasteiger partial charge is 0.490 e. The highest BCUT2D eigenvalue weighted by Crippen LogP contribution is 2.16. The highest BCUT2D eigenvalue weighted by atomic mass is 16.5. The third-order valence-corrected chi connectivity index (χ3v) is 2.26. The van der Waals surface area contributed by atoms with E-state index in [0.717, 1.165) is 0 Å². The maximum absolute atomic E-state index is 5.89. The summed E-state index contributed by atoms with van der Waals surface area (Å²) in [5.74, 6) is 0.622. The van der Waals surface area contributed by atoms with Gasteiger partial charge in [-0.3, -0.25) is 0 Å². The first-order chi connectivity index (χ1) is 7.87. The van der Waals surface area contributed by atoms with Gasteiger partial charge in [0, 0.05) is 5.54 Å². The molecule has 17 heavy (non-hydrogen) atoms. The molecule has 2 heterocycles. The van der Waals surface area contributed by atoms with Crippen molar-refractivity contribution >= 4 is 24.5 Å². The van der Waals surface area contributed by atoms with Crippen molar-refractivity contribution in [3.63, 3.8) is 0 Å². The Morgan fingerprint density at radius 3 is 2.88 bits per heavy atom. The van der Waals surface area contributed by atoms with Crippen LogP contribution in [0.3, 0.4) is 0 Å². The monoisotopic (exact) mass is 230 g/mol. The number of pyridine rings is 1. The summed E-state index contributed by atoms with van der Waals surface area (Å²) in [6, 6.07) is 1.72. The van der Waals surface area contributed by atoms with Gasteiger partial charge >= 0.3 is 0 Å². The number of nitrogens with two attached hydrogens (primary N) is 2. The lowest BCUT2D eigenvalue weighted by Crippen LogP contribution is -2.38. The molecule has 0 unspecified atom stereocenters. The minimum absolute atomic E-state index is 0.396. The molecular weight excluding hydrogens is 215 g/mol. The van der Waals surface area contributed by atoms with Crippen molar-refractivity contribution in [1.29, 1.82) is 0 Å². The lowest BCUT2D eigenvalue weighted by atomic mass is 9.95. The Bertz CT molecular complexity index is 544. The Morgan fingerprint density at radius 1 is 1.53 bits per heavy atom. The van der Waals surface area contributed by atoms with Crippen LogP contribution in [-0.4, -0.2) is 29.6 Å². The number of hydrogen-bond acceptors (Lipinski definition) is 4. The molecular formula is C11H15BN4O. The van der Waals surface area contributed by atoms with Gasteiger partial charge in [-0.05, 0) is 19.9 Å². The van der Waals surface area contributed by atoms with E-state index in [4.69, 9.17) is 24.1 Å². The molecule has 2 aromatic rings. The van der Waals surface area contributed by atoms with Gasteiger partial charge in [-0.25, -0.2) is 4.52 Å². The summed E-state index contributed by atoms with van der Waals surface area (Å²) < 4.78 is 7.16. The zero-order valence-corrected chi connectivity index (χ0v) is 9.97. The predicted molar refractivity (Wildman–Crippen MR) is 68.8 cm³/mol. The summed E-state index contributed by atoms with van der Waals surface area (Å²) in [6.07, 6.45) is 3.29. The molecule has 0 bridgehead atoms. The summed E-state index contributed by atoms with van der Waals surface area (Å²) in [5.41, 5.74) is 13.0. The van der Waals surface area contributed by atoms with Crippen molar-refractivity contribution < 1.29 is 4.74 Å². The number of anilines is 1. The lowest BCUT2D eigenvalue weighted by molar-refractivity contribution is 0.242. The van der Waals surface area contributed by atoms with Gasteiger partial charge in [0.2, 0.25) is 0 Å². The van der Waals surface area contributed by atoms with E-state index in [2.05, 4.69) is 5.10 Å². The van der Waals surface area contributed by atoms with Crippen LogP contribution in [-0.2, 0) is 0 Å². The first-order valence-corrected chi connectivity index (χ1v) is 5.31. The van der Waals surface area contributed by atoms with Gasteiger partial charge in [-0.1, -0.05) is 5.46 Å². The third-order valence-electron chi connectivity index (χ3n) is 2.26. The van der Waals surface area contributed by atoms with Crippen LogP contribution < -0.4 is 21.7 Å². The van der Waals surface area contributed by atoms with Gasteiger partial charge in [0.05, 0.1) is 23.6 Å². The van der Waals surface area contributed by atoms with Gasteiger partial charge in [0.15, 0.2) is 0 Å². The number of hydrogen-bond donors (Lipinski definition) is 2. The van der Waals surface area contributed by atoms with E-state index in [9.17, 15) is 0 Å². The van der Waals surface area contributed by atoms with Crippen molar-refractivity contribution in [2.24, 2.45) is 5.73 Å². The number of aromatic nitrogens is 2. The average molecular weight is 230 g/mol. The Morgan fingerprint density at radius 2 is 2.24 bits per heavy atom. The number of fused-ring (bicyclic) bond motifs is 1. The second-order valence-electron chi connectivity index (χ2n) is 4.80. The smallest absolute Gasteiger partial charge is 0.137 e. The molecule has 2 radical (unpaired) electrons. The third kappa shape index (κ3) is 2.53. The van der Waals surface area contributed by atoms with Crippen molar-refractivity contribution in [1.82, 2.24) is 9.61 Å². The Kier molecular flexibility index (Phi) is 2.75. The Labute approximate surface area is 101 Å². The maximum Gasteiger partial charge on any atom is 0.137 e. The first-order valence-electron chi connectivity index (χ1n) is 5.31. The van der Waals surface area contributed by atoms with Crippen LogP contribution in [0.4, 0.5) is 5.69 Å². The fourth-order valence-electron chi connectivity index (χ4n) is 1.50. The first kappa shape index (κ1) is 11.8. The lowest BCUT2D eigenvalue weighted by Gasteiger charge is -2.19. The van der Waals surface area contributed by atoms with Crippen LogP contribution in [0, 0.1) is 0 Å². The summed E-state index contributed by atoms with van der Waals surface area (Å²) >= 11 is 0. The molecule has 0 atom stereocenters. The molecule has 2 rings (SSSR count). The zero-order valence-electron chi connectivity index (χ0n) is 9.97. The summed E-state index contributed by atoms with van der Waals surface area (Å²) in [6.45, 7) is 4.18. The molecule has 0 aromatic carbocycles. The number of rotatable bonds is 3. The number of nitrogen functional groups attached to an aromatic ring is 1. The van der Waals surface area contributed by atoms with E-state index in [1.54, 1.807) is 23.0 Å². The molecule has 88 valence electrons. The molecule has 5 nitrogen and oxygen atoms in total. The summed E-state index contributed by atoms with van der Waals surface area (Å²) in [4.78, 5) is 0. The molecule has 0 spiro atoms. The molecule has 0 aliphatic carbocycles. The molecule has 0 fully saturated rings. The van der Waals surface area contributed by atoms with E-state index in [0.29, 0.717) is 29.0 Å². The predicted octanol–water partition coefficient (Wildman–Crippen LogP) is -0.174. The fourth-order valence-corrected chi connectivity index (χ4v) is 1.50. The standard InChI is InChI=1S/C11H15BN4O/c1-11(2,14)6-17-7-3-8(12)10-9(13)4-15-16(10)5-7/h3-5H,6,13-14H2,1-2H3. The average Bonchev–Trinajstić information content (AvgIpc) is 2.57. The number of nitrogens with zero attached hydrogens (tertiary/aromatic N) is 2. The second-order valence-corrected chi connectivity index (χ2v) is 4.80. The van der Waals surface area contributed by atoms with Crippen LogP contribution in [0.15, 0.2) is 18.5 Å². The van der Waals surface area contributed by atoms with Gasteiger partial charge in [0.25, 0.3) is 0 Å². The Hall–Kier alpha value is -1.69. The molecule has 6 heteroatoms. The fraction of sp³-hybridized carbons (Fsp3) is 0.364. The van der Waals surface area contributed by atoms with E-state index in [1.165, 1.54) is 0 Å².